The summed E-state index contributed by atoms with van der Waals surface area (Å²) in [6, 6.07) is 8.72. The molecule has 2 aromatic rings. The van der Waals surface area contributed by atoms with Gasteiger partial charge in [0.15, 0.2) is 0 Å². The zero-order chi connectivity index (χ0) is 22.5. The molecule has 1 amide bonds. The number of piperazine rings is 1. The average molecular weight is 430 g/mol. The van der Waals surface area contributed by atoms with E-state index in [0.717, 1.165) is 11.3 Å². The number of aryl methyl sites for hydroxylation is 1. The topological polar surface area (TPSA) is 84.2 Å². The fourth-order valence-electron chi connectivity index (χ4n) is 4.14. The highest BCUT2D eigenvalue weighted by Crippen LogP contribution is 2.34. The van der Waals surface area contributed by atoms with Crippen LogP contribution in [0.1, 0.15) is 36.7 Å². The maximum absolute atomic E-state index is 13.3. The second kappa shape index (κ2) is 9.87. The van der Waals surface area contributed by atoms with E-state index in [-0.39, 0.29) is 17.4 Å². The highest BCUT2D eigenvalue weighted by atomic mass is 16.6. The molecule has 1 aromatic carbocycles. The molecule has 0 saturated carbocycles. The average Bonchev–Trinajstić information content (AvgIpc) is 2.77. The minimum absolute atomic E-state index is 0.0131. The molecule has 8 nitrogen and oxygen atoms in total. The molecule has 1 fully saturated rings. The van der Waals surface area contributed by atoms with E-state index < -0.39 is 6.04 Å². The van der Waals surface area contributed by atoms with Gasteiger partial charge in [-0.05, 0) is 44.5 Å². The summed E-state index contributed by atoms with van der Waals surface area (Å²) in [5.74, 6) is 0.703. The molecule has 2 heterocycles. The zero-order valence-electron chi connectivity index (χ0n) is 18.6. The minimum Gasteiger partial charge on any atom is -0.507 e. The number of aromatic nitrogens is 1. The number of carbonyl (C=O) groups excluding carboxylic acids is 1. The van der Waals surface area contributed by atoms with Crippen molar-refractivity contribution in [2.24, 2.45) is 0 Å². The predicted octanol–water partition coefficient (Wildman–Crippen LogP) is 2.75. The Hall–Kier alpha value is -3.00. The maximum atomic E-state index is 13.3. The van der Waals surface area contributed by atoms with Crippen LogP contribution in [0.2, 0.25) is 0 Å². The molecule has 1 atom stereocenters. The number of carbonyl (C=O) groups is 1. The molecule has 168 valence electrons. The van der Waals surface area contributed by atoms with E-state index in [2.05, 4.69) is 4.90 Å². The summed E-state index contributed by atoms with van der Waals surface area (Å²) in [6.45, 7) is 8.44. The molecular weight excluding hydrogens is 398 g/mol. The Morgan fingerprint density at radius 2 is 1.77 bits per heavy atom. The Morgan fingerprint density at radius 1 is 1.13 bits per heavy atom. The Bertz CT molecular complexity index is 962. The number of hydrogen-bond acceptors (Lipinski definition) is 6. The van der Waals surface area contributed by atoms with Gasteiger partial charge in [-0.1, -0.05) is 12.1 Å². The van der Waals surface area contributed by atoms with Gasteiger partial charge < -0.3 is 24.0 Å². The molecule has 3 rings (SSSR count). The van der Waals surface area contributed by atoms with E-state index in [4.69, 9.17) is 9.47 Å². The van der Waals surface area contributed by atoms with Crippen molar-refractivity contribution in [3.8, 4) is 11.5 Å². The van der Waals surface area contributed by atoms with Gasteiger partial charge in [0.05, 0.1) is 25.3 Å². The van der Waals surface area contributed by atoms with E-state index in [9.17, 15) is 14.7 Å². The van der Waals surface area contributed by atoms with E-state index in [1.807, 2.05) is 38.1 Å². The molecule has 0 radical (unpaired) electrons. The molecule has 31 heavy (non-hydrogen) atoms. The van der Waals surface area contributed by atoms with Crippen molar-refractivity contribution in [1.82, 2.24) is 14.4 Å². The summed E-state index contributed by atoms with van der Waals surface area (Å²) in [5.41, 5.74) is 1.74. The van der Waals surface area contributed by atoms with Gasteiger partial charge in [0, 0.05) is 38.4 Å². The number of amides is 1. The van der Waals surface area contributed by atoms with Gasteiger partial charge in [0.1, 0.15) is 11.5 Å². The van der Waals surface area contributed by atoms with Crippen molar-refractivity contribution >= 4 is 6.09 Å². The van der Waals surface area contributed by atoms with Gasteiger partial charge in [-0.15, -0.1) is 0 Å². The third-order valence-electron chi connectivity index (χ3n) is 5.75. The van der Waals surface area contributed by atoms with E-state index >= 15 is 0 Å². The summed E-state index contributed by atoms with van der Waals surface area (Å²) in [5, 5.41) is 10.8. The van der Waals surface area contributed by atoms with Crippen molar-refractivity contribution in [2.75, 3.05) is 39.9 Å². The van der Waals surface area contributed by atoms with Crippen LogP contribution in [-0.2, 0) is 11.3 Å². The lowest BCUT2D eigenvalue weighted by Crippen LogP contribution is -2.50. The number of ether oxygens (including phenoxy) is 2. The molecule has 8 heteroatoms. The van der Waals surface area contributed by atoms with Gasteiger partial charge in [0.2, 0.25) is 0 Å². The normalized spacial score (nSPS) is 15.5. The second-order valence-electron chi connectivity index (χ2n) is 7.53. The SMILES string of the molecule is CCOC(=O)N1CCN([C@@H](c2ccc(OC)cc2)c2c(O)cc(C)n(CC)c2=O)CC1. The largest absolute Gasteiger partial charge is 0.507 e. The Morgan fingerprint density at radius 3 is 2.32 bits per heavy atom. The first kappa shape index (κ1) is 22.7. The van der Waals surface area contributed by atoms with Crippen LogP contribution in [0.25, 0.3) is 0 Å². The molecule has 0 unspecified atom stereocenters. The first-order valence-corrected chi connectivity index (χ1v) is 10.6. The van der Waals surface area contributed by atoms with Crippen molar-refractivity contribution in [1.29, 1.82) is 0 Å². The lowest BCUT2D eigenvalue weighted by molar-refractivity contribution is 0.0709. The number of nitrogens with zero attached hydrogens (tertiary/aromatic N) is 3. The van der Waals surface area contributed by atoms with Crippen LogP contribution in [0.15, 0.2) is 35.1 Å². The summed E-state index contributed by atoms with van der Waals surface area (Å²) in [6.07, 6.45) is -0.324. The zero-order valence-corrected chi connectivity index (χ0v) is 18.6. The van der Waals surface area contributed by atoms with Gasteiger partial charge in [-0.3, -0.25) is 9.69 Å². The van der Waals surface area contributed by atoms with Crippen molar-refractivity contribution in [3.63, 3.8) is 0 Å². The number of methoxy groups -OCH3 is 1. The highest BCUT2D eigenvalue weighted by molar-refractivity contribution is 5.67. The molecule has 1 aliphatic heterocycles. The molecule has 1 aromatic heterocycles. The van der Waals surface area contributed by atoms with E-state index in [1.165, 1.54) is 0 Å². The summed E-state index contributed by atoms with van der Waals surface area (Å²) in [7, 11) is 1.60. The Kier molecular flexibility index (Phi) is 7.22. The molecule has 0 spiro atoms. The van der Waals surface area contributed by atoms with Crippen LogP contribution < -0.4 is 10.3 Å². The number of rotatable bonds is 6. The Balaban J connectivity index is 2.02. The molecular formula is C23H31N3O5. The summed E-state index contributed by atoms with van der Waals surface area (Å²) < 4.78 is 12.1. The van der Waals surface area contributed by atoms with E-state index in [1.54, 1.807) is 29.6 Å². The number of pyridine rings is 1. The van der Waals surface area contributed by atoms with Crippen molar-refractivity contribution < 1.29 is 19.4 Å². The number of benzene rings is 1. The summed E-state index contributed by atoms with van der Waals surface area (Å²) >= 11 is 0. The standard InChI is InChI=1S/C23H31N3O5/c1-5-26-16(3)15-19(27)20(22(26)28)21(17-7-9-18(30-4)10-8-17)24-11-13-25(14-12-24)23(29)31-6-2/h7-10,15,21,27H,5-6,11-14H2,1-4H3/t21-/m0/s1. The fraction of sp³-hybridized carbons (Fsp3) is 0.478. The third-order valence-corrected chi connectivity index (χ3v) is 5.75. The van der Waals surface area contributed by atoms with Gasteiger partial charge in [-0.2, -0.15) is 0 Å². The van der Waals surface area contributed by atoms with Gasteiger partial charge in [-0.25, -0.2) is 4.79 Å². The fourth-order valence-corrected chi connectivity index (χ4v) is 4.14. The lowest BCUT2D eigenvalue weighted by atomic mass is 9.96. The van der Waals surface area contributed by atoms with Crippen LogP contribution in [0.4, 0.5) is 4.79 Å². The number of hydrogen-bond donors (Lipinski definition) is 1. The first-order chi connectivity index (χ1) is 14.9. The summed E-state index contributed by atoms with van der Waals surface area (Å²) in [4.78, 5) is 29.2. The maximum Gasteiger partial charge on any atom is 0.409 e. The van der Waals surface area contributed by atoms with Crippen LogP contribution >= 0.6 is 0 Å². The molecule has 0 bridgehead atoms. The van der Waals surface area contributed by atoms with Crippen molar-refractivity contribution in [2.45, 2.75) is 33.4 Å². The quantitative estimate of drug-likeness (QED) is 0.760. The van der Waals surface area contributed by atoms with E-state index in [0.29, 0.717) is 50.6 Å². The number of aromatic hydroxyl groups is 1. The van der Waals surface area contributed by atoms with Crippen LogP contribution in [0.5, 0.6) is 11.5 Å². The molecule has 0 aliphatic carbocycles. The minimum atomic E-state index is -0.443. The third kappa shape index (κ3) is 4.69. The van der Waals surface area contributed by atoms with Crippen molar-refractivity contribution in [3.05, 3.63) is 57.5 Å². The molecule has 1 aliphatic rings. The monoisotopic (exact) mass is 429 g/mol. The second-order valence-corrected chi connectivity index (χ2v) is 7.53. The Labute approximate surface area is 182 Å². The lowest BCUT2D eigenvalue weighted by Gasteiger charge is -2.39. The van der Waals surface area contributed by atoms with Crippen LogP contribution in [0.3, 0.4) is 0 Å². The first-order valence-electron chi connectivity index (χ1n) is 10.6. The van der Waals surface area contributed by atoms with Crippen LogP contribution in [0, 0.1) is 6.92 Å². The molecule has 1 saturated heterocycles. The van der Waals surface area contributed by atoms with Gasteiger partial charge >= 0.3 is 6.09 Å². The molecule has 1 N–H and O–H groups in total. The predicted molar refractivity (Wildman–Crippen MR) is 118 cm³/mol. The van der Waals surface area contributed by atoms with Gasteiger partial charge in [0.25, 0.3) is 5.56 Å². The van der Waals surface area contributed by atoms with Crippen LogP contribution in [-0.4, -0.2) is 65.5 Å². The smallest absolute Gasteiger partial charge is 0.409 e. The highest BCUT2D eigenvalue weighted by Gasteiger charge is 2.32.